The van der Waals surface area contributed by atoms with Gasteiger partial charge in [0, 0.05) is 32.3 Å². The van der Waals surface area contributed by atoms with Gasteiger partial charge in [0.25, 0.3) is 5.91 Å². The number of amides is 1. The van der Waals surface area contributed by atoms with Gasteiger partial charge in [0.1, 0.15) is 0 Å². The van der Waals surface area contributed by atoms with Crippen LogP contribution in [0.25, 0.3) is 10.2 Å². The van der Waals surface area contributed by atoms with E-state index in [9.17, 15) is 21.6 Å². The summed E-state index contributed by atoms with van der Waals surface area (Å²) in [6, 6.07) is 11.4. The molecule has 3 aromatic rings. The number of aryl methyl sites for hydroxylation is 2. The standard InChI is InChI=1S/C22H25N3O5S3/c1-15-7-8-19-20(13-15)31-22(24(19)2)23-21(26)16-9-11-25(12-10-16)33(29,30)18-6-4-5-17(14-18)32(3,27)28/h4-8,13-14,16H,9-12H2,1-3H3. The summed E-state index contributed by atoms with van der Waals surface area (Å²) in [4.78, 5) is 17.7. The van der Waals surface area contributed by atoms with Gasteiger partial charge in [0.05, 0.1) is 20.0 Å². The number of hydrogen-bond donors (Lipinski definition) is 0. The van der Waals surface area contributed by atoms with Crippen LogP contribution >= 0.6 is 11.3 Å². The molecule has 2 heterocycles. The monoisotopic (exact) mass is 507 g/mol. The van der Waals surface area contributed by atoms with Crippen molar-refractivity contribution < 1.29 is 21.6 Å². The molecule has 0 radical (unpaired) electrons. The Morgan fingerprint density at radius 1 is 1.03 bits per heavy atom. The van der Waals surface area contributed by atoms with Gasteiger partial charge >= 0.3 is 0 Å². The summed E-state index contributed by atoms with van der Waals surface area (Å²) in [5.74, 6) is -0.601. The van der Waals surface area contributed by atoms with Crippen molar-refractivity contribution in [2.24, 2.45) is 18.0 Å². The minimum Gasteiger partial charge on any atom is -0.319 e. The van der Waals surface area contributed by atoms with Crippen LogP contribution in [0.3, 0.4) is 0 Å². The van der Waals surface area contributed by atoms with E-state index >= 15 is 0 Å². The Labute approximate surface area is 197 Å². The molecule has 0 N–H and O–H groups in total. The van der Waals surface area contributed by atoms with E-state index in [1.54, 1.807) is 0 Å². The first-order chi connectivity index (χ1) is 15.5. The molecule has 1 fully saturated rings. The number of sulfonamides is 1. The van der Waals surface area contributed by atoms with Gasteiger partial charge in [-0.3, -0.25) is 4.79 Å². The number of nitrogens with zero attached hydrogens (tertiary/aromatic N) is 3. The van der Waals surface area contributed by atoms with Crippen molar-refractivity contribution in [2.45, 2.75) is 29.6 Å². The molecule has 0 saturated carbocycles. The van der Waals surface area contributed by atoms with Gasteiger partial charge in [-0.1, -0.05) is 23.5 Å². The fraction of sp³-hybridized carbons (Fsp3) is 0.364. The van der Waals surface area contributed by atoms with E-state index in [0.29, 0.717) is 17.6 Å². The maximum Gasteiger partial charge on any atom is 0.251 e. The minimum absolute atomic E-state index is 0.0427. The van der Waals surface area contributed by atoms with Crippen molar-refractivity contribution >= 4 is 47.3 Å². The van der Waals surface area contributed by atoms with Gasteiger partial charge in [-0.25, -0.2) is 16.8 Å². The predicted octanol–water partition coefficient (Wildman–Crippen LogP) is 2.48. The second-order valence-electron chi connectivity index (χ2n) is 8.29. The van der Waals surface area contributed by atoms with Crippen LogP contribution in [0.5, 0.6) is 0 Å². The third-order valence-electron chi connectivity index (χ3n) is 5.85. The Bertz CT molecular complexity index is 1510. The molecule has 1 aliphatic heterocycles. The smallest absolute Gasteiger partial charge is 0.251 e. The fourth-order valence-electron chi connectivity index (χ4n) is 3.89. The number of hydrogen-bond acceptors (Lipinski definition) is 6. The van der Waals surface area contributed by atoms with E-state index in [4.69, 9.17) is 0 Å². The van der Waals surface area contributed by atoms with Crippen LogP contribution < -0.4 is 4.80 Å². The lowest BCUT2D eigenvalue weighted by atomic mass is 9.98. The van der Waals surface area contributed by atoms with Crippen molar-refractivity contribution in [3.05, 3.63) is 52.8 Å². The number of carbonyl (C=O) groups is 1. The van der Waals surface area contributed by atoms with E-state index in [2.05, 4.69) is 11.1 Å². The quantitative estimate of drug-likeness (QED) is 0.539. The molecule has 0 atom stereocenters. The number of piperidine rings is 1. The Balaban J connectivity index is 1.50. The summed E-state index contributed by atoms with van der Waals surface area (Å²) >= 11 is 1.46. The largest absolute Gasteiger partial charge is 0.319 e. The molecule has 0 unspecified atom stereocenters. The molecule has 0 spiro atoms. The van der Waals surface area contributed by atoms with Gasteiger partial charge in [-0.15, -0.1) is 0 Å². The van der Waals surface area contributed by atoms with E-state index in [1.807, 2.05) is 30.7 Å². The molecule has 1 aromatic heterocycles. The van der Waals surface area contributed by atoms with Crippen LogP contribution in [-0.2, 0) is 31.7 Å². The Hall–Kier alpha value is -2.34. The molecule has 2 aromatic carbocycles. The van der Waals surface area contributed by atoms with Crippen molar-refractivity contribution in [2.75, 3.05) is 19.3 Å². The Morgan fingerprint density at radius 3 is 2.36 bits per heavy atom. The van der Waals surface area contributed by atoms with E-state index in [-0.39, 0.29) is 34.7 Å². The Kier molecular flexibility index (Phi) is 6.34. The highest BCUT2D eigenvalue weighted by atomic mass is 32.2. The maximum absolute atomic E-state index is 13.0. The second-order valence-corrected chi connectivity index (χ2v) is 13.3. The topological polar surface area (TPSA) is 106 Å². The molecule has 1 amide bonds. The molecule has 8 nitrogen and oxygen atoms in total. The first-order valence-corrected chi connectivity index (χ1v) is 14.6. The van der Waals surface area contributed by atoms with Crippen LogP contribution in [0.1, 0.15) is 18.4 Å². The minimum atomic E-state index is -3.86. The molecule has 0 bridgehead atoms. The number of rotatable bonds is 4. The molecule has 4 rings (SSSR count). The van der Waals surface area contributed by atoms with Gasteiger partial charge in [-0.2, -0.15) is 9.30 Å². The molecule has 0 aliphatic carbocycles. The first-order valence-electron chi connectivity index (χ1n) is 10.4. The second kappa shape index (κ2) is 8.79. The number of fused-ring (bicyclic) bond motifs is 1. The van der Waals surface area contributed by atoms with Crippen molar-refractivity contribution in [3.63, 3.8) is 0 Å². The SMILES string of the molecule is Cc1ccc2c(c1)sc(=NC(=O)C1CCN(S(=O)(=O)c3cccc(S(C)(=O)=O)c3)CC1)n2C. The van der Waals surface area contributed by atoms with E-state index in [0.717, 1.165) is 22.0 Å². The number of thiazole rings is 1. The molecule has 1 saturated heterocycles. The third kappa shape index (κ3) is 4.81. The summed E-state index contributed by atoms with van der Waals surface area (Å²) in [6.07, 6.45) is 1.76. The van der Waals surface area contributed by atoms with Gasteiger partial charge in [0.2, 0.25) is 10.0 Å². The molecular weight excluding hydrogens is 482 g/mol. The van der Waals surface area contributed by atoms with Crippen molar-refractivity contribution in [3.8, 4) is 0 Å². The van der Waals surface area contributed by atoms with Crippen LogP contribution in [-0.4, -0.2) is 51.0 Å². The zero-order valence-corrected chi connectivity index (χ0v) is 21.0. The summed E-state index contributed by atoms with van der Waals surface area (Å²) in [5, 5.41) is 0. The number of sulfone groups is 1. The number of benzene rings is 2. The average Bonchev–Trinajstić information content (AvgIpc) is 3.07. The number of aromatic nitrogens is 1. The van der Waals surface area contributed by atoms with Gasteiger partial charge in [0.15, 0.2) is 14.6 Å². The van der Waals surface area contributed by atoms with Crippen molar-refractivity contribution in [1.29, 1.82) is 0 Å². The van der Waals surface area contributed by atoms with E-state index in [1.165, 1.54) is 39.9 Å². The highest BCUT2D eigenvalue weighted by Crippen LogP contribution is 2.26. The lowest BCUT2D eigenvalue weighted by Gasteiger charge is -2.29. The molecule has 33 heavy (non-hydrogen) atoms. The molecular formula is C22H25N3O5S3. The highest BCUT2D eigenvalue weighted by Gasteiger charge is 2.32. The average molecular weight is 508 g/mol. The van der Waals surface area contributed by atoms with Gasteiger partial charge in [-0.05, 0) is 55.7 Å². The van der Waals surface area contributed by atoms with Crippen LogP contribution in [0, 0.1) is 12.8 Å². The highest BCUT2D eigenvalue weighted by molar-refractivity contribution is 7.91. The van der Waals surface area contributed by atoms with Crippen molar-refractivity contribution in [1.82, 2.24) is 8.87 Å². The molecule has 11 heteroatoms. The van der Waals surface area contributed by atoms with Crippen LogP contribution in [0.4, 0.5) is 0 Å². The summed E-state index contributed by atoms with van der Waals surface area (Å²) < 4.78 is 53.9. The fourth-order valence-corrected chi connectivity index (χ4v) is 7.27. The lowest BCUT2D eigenvalue weighted by molar-refractivity contribution is -0.122. The summed E-state index contributed by atoms with van der Waals surface area (Å²) in [6.45, 7) is 2.37. The molecule has 176 valence electrons. The molecule has 1 aliphatic rings. The van der Waals surface area contributed by atoms with Crippen LogP contribution in [0.2, 0.25) is 0 Å². The normalized spacial score (nSPS) is 17.0. The van der Waals surface area contributed by atoms with Crippen LogP contribution in [0.15, 0.2) is 57.2 Å². The summed E-state index contributed by atoms with van der Waals surface area (Å²) in [5.41, 5.74) is 2.15. The Morgan fingerprint density at radius 2 is 1.70 bits per heavy atom. The zero-order chi connectivity index (χ0) is 24.0. The number of carbonyl (C=O) groups excluding carboxylic acids is 1. The first kappa shape index (κ1) is 23.8. The third-order valence-corrected chi connectivity index (χ3v) is 9.94. The zero-order valence-electron chi connectivity index (χ0n) is 18.6. The summed E-state index contributed by atoms with van der Waals surface area (Å²) in [7, 11) is -5.50. The maximum atomic E-state index is 13.0. The van der Waals surface area contributed by atoms with Gasteiger partial charge < -0.3 is 4.57 Å². The van der Waals surface area contributed by atoms with E-state index < -0.39 is 19.9 Å². The lowest BCUT2D eigenvalue weighted by Crippen LogP contribution is -2.40. The predicted molar refractivity (Wildman–Crippen MR) is 127 cm³/mol.